The Hall–Kier alpha value is -1.10. The normalized spacial score (nSPS) is 24.0. The smallest absolute Gasteiger partial charge is 0.240 e. The van der Waals surface area contributed by atoms with Crippen LogP contribution in [-0.2, 0) is 9.59 Å². The first-order valence-corrected chi connectivity index (χ1v) is 4.78. The second-order valence-corrected chi connectivity index (χ2v) is 3.65. The Balaban J connectivity index is 2.69. The number of aliphatic hydroxyl groups is 1. The monoisotopic (exact) mass is 200 g/mol. The standard InChI is InChI=1S/C9H16N2O3/c1-6-2-4-11(9(6)14)7(3-5-12)8(10)13/h6-7,12H,2-5H2,1H3,(H2,10,13). The molecule has 2 atom stereocenters. The lowest BCUT2D eigenvalue weighted by Crippen LogP contribution is -2.46. The third-order valence-electron chi connectivity index (χ3n) is 2.61. The molecule has 0 radical (unpaired) electrons. The van der Waals surface area contributed by atoms with Gasteiger partial charge in [-0.3, -0.25) is 9.59 Å². The van der Waals surface area contributed by atoms with Crippen molar-refractivity contribution < 1.29 is 14.7 Å². The van der Waals surface area contributed by atoms with Crippen molar-refractivity contribution in [2.75, 3.05) is 13.2 Å². The highest BCUT2D eigenvalue weighted by atomic mass is 16.3. The number of likely N-dealkylation sites (tertiary alicyclic amines) is 1. The van der Waals surface area contributed by atoms with E-state index in [4.69, 9.17) is 10.8 Å². The summed E-state index contributed by atoms with van der Waals surface area (Å²) in [6.07, 6.45) is 0.988. The quantitative estimate of drug-likeness (QED) is 0.616. The lowest BCUT2D eigenvalue weighted by Gasteiger charge is -2.24. The summed E-state index contributed by atoms with van der Waals surface area (Å²) in [6.45, 7) is 2.26. The van der Waals surface area contributed by atoms with E-state index in [9.17, 15) is 9.59 Å². The molecule has 5 heteroatoms. The molecule has 0 bridgehead atoms. The van der Waals surface area contributed by atoms with E-state index in [0.29, 0.717) is 6.54 Å². The van der Waals surface area contributed by atoms with Gasteiger partial charge < -0.3 is 15.7 Å². The Morgan fingerprint density at radius 3 is 2.79 bits per heavy atom. The maximum absolute atomic E-state index is 11.6. The molecule has 0 spiro atoms. The zero-order chi connectivity index (χ0) is 10.7. The first-order chi connectivity index (χ1) is 6.57. The number of carbonyl (C=O) groups is 2. The van der Waals surface area contributed by atoms with Crippen molar-refractivity contribution in [3.05, 3.63) is 0 Å². The number of hydrogen-bond donors (Lipinski definition) is 2. The van der Waals surface area contributed by atoms with Gasteiger partial charge in [0.15, 0.2) is 0 Å². The molecule has 1 rings (SSSR count). The average Bonchev–Trinajstić information content (AvgIpc) is 2.44. The number of amides is 2. The zero-order valence-electron chi connectivity index (χ0n) is 8.27. The first-order valence-electron chi connectivity index (χ1n) is 4.78. The zero-order valence-corrected chi connectivity index (χ0v) is 8.27. The summed E-state index contributed by atoms with van der Waals surface area (Å²) in [4.78, 5) is 24.1. The largest absolute Gasteiger partial charge is 0.396 e. The van der Waals surface area contributed by atoms with E-state index >= 15 is 0 Å². The van der Waals surface area contributed by atoms with E-state index in [1.807, 2.05) is 6.92 Å². The Bertz CT molecular complexity index is 240. The van der Waals surface area contributed by atoms with Crippen LogP contribution in [0.2, 0.25) is 0 Å². The van der Waals surface area contributed by atoms with Gasteiger partial charge in [0.2, 0.25) is 11.8 Å². The SMILES string of the molecule is CC1CCN(C(CCO)C(N)=O)C1=O. The fourth-order valence-corrected chi connectivity index (χ4v) is 1.73. The molecule has 0 aliphatic carbocycles. The average molecular weight is 200 g/mol. The molecule has 1 heterocycles. The van der Waals surface area contributed by atoms with Crippen molar-refractivity contribution in [2.45, 2.75) is 25.8 Å². The van der Waals surface area contributed by atoms with Crippen LogP contribution in [0.1, 0.15) is 19.8 Å². The number of aliphatic hydroxyl groups excluding tert-OH is 1. The third kappa shape index (κ3) is 2.04. The summed E-state index contributed by atoms with van der Waals surface area (Å²) in [5, 5.41) is 8.75. The molecule has 3 N–H and O–H groups in total. The lowest BCUT2D eigenvalue weighted by atomic mass is 10.1. The number of carbonyl (C=O) groups excluding carboxylic acids is 2. The topological polar surface area (TPSA) is 83.6 Å². The summed E-state index contributed by atoms with van der Waals surface area (Å²) in [5.41, 5.74) is 5.17. The van der Waals surface area contributed by atoms with Crippen LogP contribution in [0.15, 0.2) is 0 Å². The molecule has 80 valence electrons. The van der Waals surface area contributed by atoms with Gasteiger partial charge in [-0.1, -0.05) is 6.92 Å². The number of hydrogen-bond acceptors (Lipinski definition) is 3. The molecule has 14 heavy (non-hydrogen) atoms. The molecule has 2 unspecified atom stereocenters. The van der Waals surface area contributed by atoms with Crippen molar-refractivity contribution in [1.29, 1.82) is 0 Å². The molecular weight excluding hydrogens is 184 g/mol. The van der Waals surface area contributed by atoms with Gasteiger partial charge in [0.25, 0.3) is 0 Å². The Labute approximate surface area is 82.9 Å². The van der Waals surface area contributed by atoms with Gasteiger partial charge in [0.1, 0.15) is 6.04 Å². The highest BCUT2D eigenvalue weighted by molar-refractivity contribution is 5.88. The van der Waals surface area contributed by atoms with E-state index in [1.54, 1.807) is 0 Å². The summed E-state index contributed by atoms with van der Waals surface area (Å²) in [5.74, 6) is -0.612. The number of primary amides is 1. The molecule has 0 aromatic carbocycles. The summed E-state index contributed by atoms with van der Waals surface area (Å²) >= 11 is 0. The van der Waals surface area contributed by atoms with Gasteiger partial charge in [-0.05, 0) is 12.8 Å². The molecule has 1 aliphatic rings. The first kappa shape index (κ1) is 11.0. The number of rotatable bonds is 4. The molecule has 0 aromatic rings. The number of nitrogens with zero attached hydrogens (tertiary/aromatic N) is 1. The van der Waals surface area contributed by atoms with Crippen LogP contribution in [-0.4, -0.2) is 41.0 Å². The maximum Gasteiger partial charge on any atom is 0.240 e. The predicted molar refractivity (Wildman–Crippen MR) is 50.2 cm³/mol. The van der Waals surface area contributed by atoms with Gasteiger partial charge in [-0.25, -0.2) is 0 Å². The van der Waals surface area contributed by atoms with Gasteiger partial charge in [0, 0.05) is 19.1 Å². The van der Waals surface area contributed by atoms with Crippen LogP contribution < -0.4 is 5.73 Å². The van der Waals surface area contributed by atoms with Crippen molar-refractivity contribution in [3.8, 4) is 0 Å². The number of nitrogens with two attached hydrogens (primary N) is 1. The van der Waals surface area contributed by atoms with Crippen LogP contribution in [0, 0.1) is 5.92 Å². The molecule has 5 nitrogen and oxygen atoms in total. The van der Waals surface area contributed by atoms with Crippen LogP contribution in [0.5, 0.6) is 0 Å². The Morgan fingerprint density at radius 2 is 2.43 bits per heavy atom. The van der Waals surface area contributed by atoms with Crippen molar-refractivity contribution in [3.63, 3.8) is 0 Å². The summed E-state index contributed by atoms with van der Waals surface area (Å²) in [6, 6.07) is -0.641. The predicted octanol–water partition coefficient (Wildman–Crippen LogP) is -0.909. The van der Waals surface area contributed by atoms with Crippen LogP contribution in [0.3, 0.4) is 0 Å². The minimum Gasteiger partial charge on any atom is -0.396 e. The molecule has 0 aromatic heterocycles. The van der Waals surface area contributed by atoms with Gasteiger partial charge in [0.05, 0.1) is 0 Å². The second-order valence-electron chi connectivity index (χ2n) is 3.65. The second kappa shape index (κ2) is 4.41. The minimum atomic E-state index is -0.641. The Kier molecular flexibility index (Phi) is 3.46. The van der Waals surface area contributed by atoms with E-state index in [0.717, 1.165) is 6.42 Å². The van der Waals surface area contributed by atoms with Gasteiger partial charge in [-0.15, -0.1) is 0 Å². The Morgan fingerprint density at radius 1 is 1.79 bits per heavy atom. The van der Waals surface area contributed by atoms with Crippen molar-refractivity contribution >= 4 is 11.8 Å². The van der Waals surface area contributed by atoms with Gasteiger partial charge >= 0.3 is 0 Å². The van der Waals surface area contributed by atoms with Gasteiger partial charge in [-0.2, -0.15) is 0 Å². The highest BCUT2D eigenvalue weighted by Gasteiger charge is 2.35. The molecule has 1 fully saturated rings. The molecule has 1 saturated heterocycles. The molecule has 2 amide bonds. The summed E-state index contributed by atoms with van der Waals surface area (Å²) in [7, 11) is 0. The van der Waals surface area contributed by atoms with Crippen molar-refractivity contribution in [2.24, 2.45) is 11.7 Å². The lowest BCUT2D eigenvalue weighted by molar-refractivity contribution is -0.138. The van der Waals surface area contributed by atoms with Crippen LogP contribution in [0.4, 0.5) is 0 Å². The van der Waals surface area contributed by atoms with Crippen LogP contribution >= 0.6 is 0 Å². The summed E-state index contributed by atoms with van der Waals surface area (Å²) < 4.78 is 0. The fraction of sp³-hybridized carbons (Fsp3) is 0.778. The molecule has 0 saturated carbocycles. The molecular formula is C9H16N2O3. The minimum absolute atomic E-state index is 0.0319. The van der Waals surface area contributed by atoms with E-state index < -0.39 is 11.9 Å². The van der Waals surface area contributed by atoms with Crippen molar-refractivity contribution in [1.82, 2.24) is 4.90 Å². The van der Waals surface area contributed by atoms with E-state index in [-0.39, 0.29) is 24.9 Å². The van der Waals surface area contributed by atoms with E-state index in [2.05, 4.69) is 0 Å². The molecule has 1 aliphatic heterocycles. The van der Waals surface area contributed by atoms with Crippen LogP contribution in [0.25, 0.3) is 0 Å². The fourth-order valence-electron chi connectivity index (χ4n) is 1.73. The highest BCUT2D eigenvalue weighted by Crippen LogP contribution is 2.20. The maximum atomic E-state index is 11.6. The van der Waals surface area contributed by atoms with E-state index in [1.165, 1.54) is 4.90 Å². The third-order valence-corrected chi connectivity index (χ3v) is 2.61.